The minimum Gasteiger partial charge on any atom is -0.776 e. The number of nitrogens with one attached hydrogen (secondary N) is 4. The maximum Gasteiger partial charge on any atom is 0.378 e. The SMILES string of the molecule is C.Cc1c[nH]c(=O)n(CC2CSC(P(=O)([O-])O)O2)c1=O.Cc1c[nH]c(=O)n(CC2CSC([P+](C)=O)O2)c1=O.Cc1cn(CC2CSC(P(=O)([O-])O)O2)c(=O)[nH]c1=O.Cc1cn(CC2CSC([P+](C)=O)O2)c(=O)[nH]c1=O.[NH4+].[NH4+]. The van der Waals surface area contributed by atoms with E-state index in [9.17, 15) is 66.4 Å². The molecular weight excluding hydrogens is 1180 g/mol. The minimum absolute atomic E-state index is 0. The van der Waals surface area contributed by atoms with Crippen LogP contribution in [0.2, 0.25) is 0 Å². The number of H-pyrrole nitrogens is 4. The van der Waals surface area contributed by atoms with E-state index in [1.165, 1.54) is 57.4 Å². The molecule has 8 rings (SSSR count). The molecule has 4 saturated heterocycles. The average molecular weight is 1250 g/mol. The van der Waals surface area contributed by atoms with E-state index in [1.54, 1.807) is 41.0 Å². The van der Waals surface area contributed by atoms with Gasteiger partial charge in [-0.1, -0.05) is 40.1 Å². The lowest BCUT2D eigenvalue weighted by Gasteiger charge is -2.22. The highest BCUT2D eigenvalue weighted by Crippen LogP contribution is 2.49. The second kappa shape index (κ2) is 30.3. The summed E-state index contributed by atoms with van der Waals surface area (Å²) in [6.45, 7) is 10.3. The Kier molecular flexibility index (Phi) is 27.3. The van der Waals surface area contributed by atoms with E-state index < -0.39 is 87.2 Å². The lowest BCUT2D eigenvalue weighted by atomic mass is 10.3. The van der Waals surface area contributed by atoms with Gasteiger partial charge < -0.3 is 69.9 Å². The van der Waals surface area contributed by atoms with Crippen LogP contribution in [0.25, 0.3) is 0 Å². The lowest BCUT2D eigenvalue weighted by molar-refractivity contribution is -0.202. The molecule has 0 saturated carbocycles. The number of aromatic amines is 4. The Bertz CT molecular complexity index is 3300. The van der Waals surface area contributed by atoms with Crippen molar-refractivity contribution in [3.63, 3.8) is 0 Å². The second-order valence-corrected chi connectivity index (χ2v) is 28.7. The number of thioether (sulfide) groups is 4. The largest absolute Gasteiger partial charge is 0.776 e. The van der Waals surface area contributed by atoms with Gasteiger partial charge in [0.15, 0.2) is 25.5 Å². The summed E-state index contributed by atoms with van der Waals surface area (Å²) in [6, 6.07) is 0. The van der Waals surface area contributed by atoms with Crippen molar-refractivity contribution in [3.05, 3.63) is 130 Å². The Morgan fingerprint density at radius 2 is 0.870 bits per heavy atom. The molecule has 0 spiro atoms. The smallest absolute Gasteiger partial charge is 0.378 e. The van der Waals surface area contributed by atoms with Crippen LogP contribution in [0.3, 0.4) is 0 Å². The van der Waals surface area contributed by atoms with Crippen LogP contribution in [0.5, 0.6) is 0 Å². The number of aromatic nitrogens is 8. The fourth-order valence-electron chi connectivity index (χ4n) is 6.75. The molecule has 14 N–H and O–H groups in total. The first-order chi connectivity index (χ1) is 34.5. The average Bonchev–Trinajstić information content (AvgIpc) is 4.17. The van der Waals surface area contributed by atoms with Crippen molar-refractivity contribution in [1.29, 1.82) is 0 Å². The van der Waals surface area contributed by atoms with Crippen LogP contribution < -0.4 is 67.1 Å². The van der Waals surface area contributed by atoms with Gasteiger partial charge in [-0.25, -0.2) is 19.2 Å². The van der Waals surface area contributed by atoms with Gasteiger partial charge in [0, 0.05) is 70.1 Å². The molecule has 4 aromatic heterocycles. The van der Waals surface area contributed by atoms with Crippen molar-refractivity contribution in [2.24, 2.45) is 0 Å². The second-order valence-electron chi connectivity index (χ2n) is 16.6. The van der Waals surface area contributed by atoms with Crippen LogP contribution in [0.1, 0.15) is 29.7 Å². The zero-order valence-electron chi connectivity index (χ0n) is 42.0. The van der Waals surface area contributed by atoms with Crippen molar-refractivity contribution in [2.75, 3.05) is 36.3 Å². The number of nitrogens with zero attached hydrogens (tertiary/aromatic N) is 4. The van der Waals surface area contributed by atoms with Crippen LogP contribution in [0, 0.1) is 27.7 Å². The molecule has 12 unspecified atom stereocenters. The Hall–Kier alpha value is -3.62. The van der Waals surface area contributed by atoms with E-state index >= 15 is 0 Å². The Balaban J connectivity index is 0.000000347. The Labute approximate surface area is 456 Å². The fourth-order valence-corrected chi connectivity index (χ4v) is 15.5. The normalized spacial score (nSPS) is 24.3. The van der Waals surface area contributed by atoms with Crippen LogP contribution in [0.15, 0.2) is 63.1 Å². The number of rotatable bonds is 12. The van der Waals surface area contributed by atoms with E-state index in [0.717, 1.165) is 32.7 Å². The molecule has 0 bridgehead atoms. The third-order valence-electron chi connectivity index (χ3n) is 10.5. The van der Waals surface area contributed by atoms with Gasteiger partial charge in [-0.2, -0.15) is 0 Å². The Morgan fingerprint density at radius 3 is 1.18 bits per heavy atom. The van der Waals surface area contributed by atoms with E-state index in [0.29, 0.717) is 46.1 Å². The summed E-state index contributed by atoms with van der Waals surface area (Å²) in [5.41, 5.74) is -1.91. The molecule has 0 radical (unpaired) electrons. The van der Waals surface area contributed by atoms with Gasteiger partial charge in [-0.15, -0.1) is 23.5 Å². The van der Waals surface area contributed by atoms with Crippen LogP contribution in [0.4, 0.5) is 0 Å². The van der Waals surface area contributed by atoms with Crippen molar-refractivity contribution in [1.82, 2.24) is 50.5 Å². The van der Waals surface area contributed by atoms with Gasteiger partial charge in [0.25, 0.3) is 22.2 Å². The monoisotopic (exact) mass is 1240 g/mol. The summed E-state index contributed by atoms with van der Waals surface area (Å²) >= 11 is 4.83. The number of aryl methyl sites for hydroxylation is 4. The van der Waals surface area contributed by atoms with E-state index in [-0.39, 0.29) is 78.8 Å². The molecule has 4 aliphatic rings. The number of hydrogen-bond donors (Lipinski definition) is 8. The van der Waals surface area contributed by atoms with Gasteiger partial charge in [0.1, 0.15) is 13.3 Å². The third-order valence-corrected chi connectivity index (χ3v) is 22.2. The molecule has 4 aliphatic heterocycles. The maximum absolute atomic E-state index is 11.8. The summed E-state index contributed by atoms with van der Waals surface area (Å²) in [5.74, 6) is 1.95. The van der Waals surface area contributed by atoms with Gasteiger partial charge in [-0.05, 0) is 27.7 Å². The first-order valence-corrected chi connectivity index (χ1v) is 32.7. The molecule has 4 aromatic rings. The predicted molar refractivity (Wildman–Crippen MR) is 294 cm³/mol. The highest BCUT2D eigenvalue weighted by Gasteiger charge is 2.39. The molecule has 77 heavy (non-hydrogen) atoms. The molecule has 0 aliphatic carbocycles. The summed E-state index contributed by atoms with van der Waals surface area (Å²) in [6.07, 6.45) is 4.08. The molecule has 8 heterocycles. The molecule has 0 aromatic carbocycles. The van der Waals surface area contributed by atoms with Crippen LogP contribution >= 0.6 is 77.8 Å². The van der Waals surface area contributed by atoms with Crippen LogP contribution in [-0.4, -0.2) is 129 Å². The van der Waals surface area contributed by atoms with Gasteiger partial charge in [0.05, 0.1) is 50.6 Å². The molecule has 0 amide bonds. The third kappa shape index (κ3) is 19.9. The first kappa shape index (κ1) is 69.5. The maximum atomic E-state index is 11.8. The topological polar surface area (TPSA) is 484 Å². The van der Waals surface area contributed by atoms with Gasteiger partial charge in [-0.3, -0.25) is 47.4 Å². The molecule has 12 atom stereocenters. The zero-order chi connectivity index (χ0) is 55.0. The van der Waals surface area contributed by atoms with E-state index in [1.807, 2.05) is 0 Å². The lowest BCUT2D eigenvalue weighted by Crippen LogP contribution is -2.39. The molecule has 30 nitrogen and oxygen atoms in total. The van der Waals surface area contributed by atoms with Crippen molar-refractivity contribution in [2.45, 2.75) is 106 Å². The fraction of sp³-hybridized carbons (Fsp3) is 0.590. The van der Waals surface area contributed by atoms with E-state index in [2.05, 4.69) is 19.9 Å². The molecule has 432 valence electrons. The van der Waals surface area contributed by atoms with Crippen molar-refractivity contribution >= 4 is 77.8 Å². The van der Waals surface area contributed by atoms with Gasteiger partial charge >= 0.3 is 48.7 Å². The predicted octanol–water partition coefficient (Wildman–Crippen LogP) is 0.437. The molecule has 38 heteroatoms. The highest BCUT2D eigenvalue weighted by molar-refractivity contribution is 8.05. The highest BCUT2D eigenvalue weighted by atomic mass is 32.2. The summed E-state index contributed by atoms with van der Waals surface area (Å²) in [7, 11) is -11.9. The van der Waals surface area contributed by atoms with Gasteiger partial charge in [0.2, 0.25) is 0 Å². The summed E-state index contributed by atoms with van der Waals surface area (Å²) in [4.78, 5) is 141. The number of quaternary nitrogens is 2. The number of ether oxygens (including phenoxy) is 4. The van der Waals surface area contributed by atoms with Crippen LogP contribution in [-0.2, 0) is 63.4 Å². The standard InChI is InChI=1S/2C10H13N2O4PS.2C9H13N2O6PS.CH4.2H3N/c1-6-3-12(9(14)11-8(6)13)4-7-5-18-10(16-7)17(2)15;1-6-3-11-9(14)12(8(6)13)4-7-5-18-10(16-7)17(2)15;1-5-2-11(8(13)10-7(5)12)3-6-4-19-9(17-6)18(14,15)16;1-5-2-10-8(13)11(7(5)12)3-6-4-19-9(17-6)18(14,15)16;;;/h2*3,7,10H,4-5H2,1-2H3;2,6,9H,3-4H2,1H3,(H,10,12,13)(H2,14,15,16);2,6,9H,3-4H2,1H3,(H,10,13)(H2,14,15,16);1H4;2*1H3/p+2. The Morgan fingerprint density at radius 1 is 0.558 bits per heavy atom. The summed E-state index contributed by atoms with van der Waals surface area (Å²) in [5, 5.41) is -3.25. The minimum atomic E-state index is -4.57. The van der Waals surface area contributed by atoms with E-state index in [4.69, 9.17) is 28.7 Å². The molecule has 4 fully saturated rings. The van der Waals surface area contributed by atoms with Crippen molar-refractivity contribution < 1.29 is 56.8 Å². The molecular formula is C39H64N10O20P4S4+2. The zero-order valence-corrected chi connectivity index (χ0v) is 48.9. The summed E-state index contributed by atoms with van der Waals surface area (Å²) < 4.78 is 70.6. The first-order valence-electron chi connectivity index (χ1n) is 21.7. The quantitative estimate of drug-likeness (QED) is 0.0892. The van der Waals surface area contributed by atoms with Crippen molar-refractivity contribution in [3.8, 4) is 0 Å². The number of hydrogen-bond acceptors (Lipinski definition) is 22.